The summed E-state index contributed by atoms with van der Waals surface area (Å²) in [4.78, 5) is 25.4. The van der Waals surface area contributed by atoms with Crippen LogP contribution in [-0.4, -0.2) is 47.1 Å². The predicted octanol–water partition coefficient (Wildman–Crippen LogP) is 3.32. The Balaban J connectivity index is 1.52. The van der Waals surface area contributed by atoms with E-state index in [2.05, 4.69) is 10.2 Å². The largest absolute Gasteiger partial charge is 0.482 e. The van der Waals surface area contributed by atoms with E-state index in [9.17, 15) is 14.0 Å². The number of aliphatic carboxylic acids is 1. The molecule has 2 N–H and O–H groups in total. The van der Waals surface area contributed by atoms with E-state index >= 15 is 0 Å². The molecule has 31 heavy (non-hydrogen) atoms. The van der Waals surface area contributed by atoms with Crippen molar-refractivity contribution >= 4 is 11.9 Å². The number of likely N-dealkylation sites (tertiary alicyclic amines) is 1. The molecule has 7 heteroatoms. The average molecular weight is 426 g/mol. The first-order chi connectivity index (χ1) is 14.9. The highest BCUT2D eigenvalue weighted by atomic mass is 19.1. The molecule has 0 aromatic heterocycles. The molecule has 0 bridgehead atoms. The number of nitrogens with zero attached hydrogens (tertiary/aromatic N) is 1. The second-order valence-corrected chi connectivity index (χ2v) is 8.51. The number of halogens is 1. The zero-order chi connectivity index (χ0) is 21.8. The number of carbonyl (C=O) groups is 2. The number of rotatable bonds is 6. The lowest BCUT2D eigenvalue weighted by atomic mass is 9.79. The van der Waals surface area contributed by atoms with E-state index in [0.29, 0.717) is 18.7 Å². The number of hydrogen-bond donors (Lipinski definition) is 2. The minimum Gasteiger partial charge on any atom is -0.482 e. The molecular weight excluding hydrogens is 399 g/mol. The fourth-order valence-corrected chi connectivity index (χ4v) is 4.85. The Morgan fingerprint density at radius 1 is 1.16 bits per heavy atom. The van der Waals surface area contributed by atoms with Crippen LogP contribution in [0.3, 0.4) is 0 Å². The van der Waals surface area contributed by atoms with Crippen LogP contribution >= 0.6 is 0 Å². The molecule has 0 radical (unpaired) electrons. The van der Waals surface area contributed by atoms with E-state index in [4.69, 9.17) is 9.84 Å². The van der Waals surface area contributed by atoms with Crippen molar-refractivity contribution in [3.8, 4) is 5.75 Å². The molecule has 4 rings (SSSR count). The summed E-state index contributed by atoms with van der Waals surface area (Å²) in [5.41, 5.74) is 1.77. The third-order valence-corrected chi connectivity index (χ3v) is 6.24. The van der Waals surface area contributed by atoms with Gasteiger partial charge in [0.25, 0.3) is 0 Å². The van der Waals surface area contributed by atoms with Crippen LogP contribution in [0.2, 0.25) is 0 Å². The van der Waals surface area contributed by atoms with E-state index in [0.717, 1.165) is 43.5 Å². The lowest BCUT2D eigenvalue weighted by Gasteiger charge is -2.35. The molecule has 2 aromatic carbocycles. The van der Waals surface area contributed by atoms with Gasteiger partial charge in [0.1, 0.15) is 11.6 Å². The number of benzene rings is 2. The van der Waals surface area contributed by atoms with Gasteiger partial charge in [-0.1, -0.05) is 30.7 Å². The monoisotopic (exact) mass is 426 g/mol. The summed E-state index contributed by atoms with van der Waals surface area (Å²) < 4.78 is 18.7. The quantitative estimate of drug-likeness (QED) is 0.741. The van der Waals surface area contributed by atoms with Crippen molar-refractivity contribution in [2.45, 2.75) is 43.7 Å². The first-order valence-corrected chi connectivity index (χ1v) is 10.7. The Bertz CT molecular complexity index is 932. The lowest BCUT2D eigenvalue weighted by molar-refractivity contribution is -0.139. The van der Waals surface area contributed by atoms with Crippen molar-refractivity contribution in [3.05, 3.63) is 65.5 Å². The van der Waals surface area contributed by atoms with Crippen molar-refractivity contribution in [2.24, 2.45) is 0 Å². The Labute approximate surface area is 181 Å². The zero-order valence-corrected chi connectivity index (χ0v) is 17.4. The van der Waals surface area contributed by atoms with Crippen molar-refractivity contribution < 1.29 is 23.8 Å². The van der Waals surface area contributed by atoms with E-state index in [-0.39, 0.29) is 29.8 Å². The summed E-state index contributed by atoms with van der Waals surface area (Å²) in [5.74, 6) is -0.574. The van der Waals surface area contributed by atoms with Gasteiger partial charge in [-0.25, -0.2) is 9.18 Å². The van der Waals surface area contributed by atoms with Crippen molar-refractivity contribution in [1.82, 2.24) is 10.2 Å². The van der Waals surface area contributed by atoms with Crippen LogP contribution < -0.4 is 10.1 Å². The van der Waals surface area contributed by atoms with Gasteiger partial charge in [0.15, 0.2) is 6.61 Å². The number of carboxylic acids is 1. The normalized spacial score (nSPS) is 24.0. The third kappa shape index (κ3) is 5.05. The Kier molecular flexibility index (Phi) is 6.23. The third-order valence-electron chi connectivity index (χ3n) is 6.24. The minimum atomic E-state index is -1.01. The fourth-order valence-electron chi connectivity index (χ4n) is 4.85. The van der Waals surface area contributed by atoms with Gasteiger partial charge < -0.3 is 15.2 Å². The SMILES string of the molecule is O=C(O)COc1ccc(CN2C[C@@H](c3ccc(F)cc3)[C@@]3(CCCCC(=O)N3)C2)cc1. The molecule has 2 aliphatic rings. The lowest BCUT2D eigenvalue weighted by Crippen LogP contribution is -2.52. The number of hydrogen-bond acceptors (Lipinski definition) is 4. The number of nitrogens with one attached hydrogen (secondary N) is 1. The van der Waals surface area contributed by atoms with Gasteiger partial charge in [-0.15, -0.1) is 0 Å². The highest BCUT2D eigenvalue weighted by Crippen LogP contribution is 2.41. The molecule has 6 nitrogen and oxygen atoms in total. The smallest absolute Gasteiger partial charge is 0.341 e. The number of carbonyl (C=O) groups excluding carboxylic acids is 1. The maximum Gasteiger partial charge on any atom is 0.341 e. The summed E-state index contributed by atoms with van der Waals surface area (Å²) in [5, 5.41) is 12.0. The summed E-state index contributed by atoms with van der Waals surface area (Å²) in [6, 6.07) is 14.0. The summed E-state index contributed by atoms with van der Waals surface area (Å²) in [6.45, 7) is 1.84. The Morgan fingerprint density at radius 3 is 2.61 bits per heavy atom. The van der Waals surface area contributed by atoms with Crippen LogP contribution in [0.5, 0.6) is 5.75 Å². The Hall–Kier alpha value is -2.93. The van der Waals surface area contributed by atoms with Crippen molar-refractivity contribution in [2.75, 3.05) is 19.7 Å². The van der Waals surface area contributed by atoms with Crippen molar-refractivity contribution in [3.63, 3.8) is 0 Å². The molecule has 1 spiro atoms. The molecule has 2 aromatic rings. The number of carboxylic acid groups (broad SMARTS) is 1. The summed E-state index contributed by atoms with van der Waals surface area (Å²) >= 11 is 0. The molecule has 2 saturated heterocycles. The highest BCUT2D eigenvalue weighted by Gasteiger charge is 2.48. The second-order valence-electron chi connectivity index (χ2n) is 8.51. The summed E-state index contributed by atoms with van der Waals surface area (Å²) in [6.07, 6.45) is 3.33. The fraction of sp³-hybridized carbons (Fsp3) is 0.417. The molecule has 2 aliphatic heterocycles. The van der Waals surface area contributed by atoms with Gasteiger partial charge in [0, 0.05) is 32.0 Å². The molecule has 1 amide bonds. The van der Waals surface area contributed by atoms with Gasteiger partial charge in [0.2, 0.25) is 5.91 Å². The minimum absolute atomic E-state index is 0.0893. The molecule has 2 atom stereocenters. The van der Waals surface area contributed by atoms with Gasteiger partial charge in [-0.3, -0.25) is 9.69 Å². The topological polar surface area (TPSA) is 78.9 Å². The van der Waals surface area contributed by atoms with Crippen LogP contribution in [0, 0.1) is 5.82 Å². The van der Waals surface area contributed by atoms with Crippen LogP contribution in [0.25, 0.3) is 0 Å². The first kappa shape index (κ1) is 21.3. The zero-order valence-electron chi connectivity index (χ0n) is 17.4. The van der Waals surface area contributed by atoms with Crippen LogP contribution in [-0.2, 0) is 16.1 Å². The van der Waals surface area contributed by atoms with Crippen LogP contribution in [0.1, 0.15) is 42.7 Å². The molecule has 0 saturated carbocycles. The number of amides is 1. The molecular formula is C24H27FN2O4. The standard InChI is InChI=1S/C24H27FN2O4/c25-19-8-6-18(7-9-19)21-14-27(16-24(21)12-2-1-3-22(28)26-24)13-17-4-10-20(11-5-17)31-15-23(29)30/h4-11,21H,1-3,12-16H2,(H,26,28)(H,29,30)/t21-,24+/m0/s1. The maximum absolute atomic E-state index is 13.5. The first-order valence-electron chi connectivity index (χ1n) is 10.7. The maximum atomic E-state index is 13.5. The Morgan fingerprint density at radius 2 is 1.90 bits per heavy atom. The number of ether oxygens (including phenoxy) is 1. The van der Waals surface area contributed by atoms with Gasteiger partial charge in [0.05, 0.1) is 5.54 Å². The highest BCUT2D eigenvalue weighted by molar-refractivity contribution is 5.77. The molecule has 2 heterocycles. The molecule has 164 valence electrons. The van der Waals surface area contributed by atoms with Crippen molar-refractivity contribution in [1.29, 1.82) is 0 Å². The van der Waals surface area contributed by atoms with Gasteiger partial charge in [-0.2, -0.15) is 0 Å². The summed E-state index contributed by atoms with van der Waals surface area (Å²) in [7, 11) is 0. The average Bonchev–Trinajstić information content (AvgIpc) is 2.96. The van der Waals surface area contributed by atoms with E-state index < -0.39 is 5.97 Å². The van der Waals surface area contributed by atoms with Crippen LogP contribution in [0.15, 0.2) is 48.5 Å². The molecule has 2 fully saturated rings. The van der Waals surface area contributed by atoms with Gasteiger partial charge >= 0.3 is 5.97 Å². The van der Waals surface area contributed by atoms with E-state index in [1.54, 1.807) is 12.1 Å². The molecule has 0 aliphatic carbocycles. The van der Waals surface area contributed by atoms with Crippen LogP contribution in [0.4, 0.5) is 4.39 Å². The van der Waals surface area contributed by atoms with Gasteiger partial charge in [-0.05, 0) is 48.2 Å². The molecule has 0 unspecified atom stereocenters. The predicted molar refractivity (Wildman–Crippen MR) is 113 cm³/mol. The van der Waals surface area contributed by atoms with E-state index in [1.807, 2.05) is 24.3 Å². The van der Waals surface area contributed by atoms with E-state index in [1.165, 1.54) is 12.1 Å². The second kappa shape index (κ2) is 9.06.